The molecule has 0 saturated carbocycles. The van der Waals surface area contributed by atoms with Crippen molar-refractivity contribution in [2.45, 2.75) is 122 Å². The Balaban J connectivity index is 4.14. The lowest BCUT2D eigenvalue weighted by atomic mass is 10.1. The molecule has 6 nitrogen and oxygen atoms in total. The summed E-state index contributed by atoms with van der Waals surface area (Å²) in [6, 6.07) is -1.10. The Morgan fingerprint density at radius 2 is 1.09 bits per heavy atom. The number of aliphatic hydroxyl groups is 1. The number of unbranched alkanes of at least 4 members (excludes halogenated alkanes) is 5. The van der Waals surface area contributed by atoms with Crippen LogP contribution < -0.4 is 5.32 Å². The van der Waals surface area contributed by atoms with Crippen molar-refractivity contribution in [1.82, 2.24) is 5.32 Å². The summed E-state index contributed by atoms with van der Waals surface area (Å²) in [5.41, 5.74) is 0. The largest absolute Gasteiger partial charge is 0.387 e. The van der Waals surface area contributed by atoms with Gasteiger partial charge in [0.05, 0.1) is 17.9 Å². The molecule has 44 heavy (non-hydrogen) atoms. The van der Waals surface area contributed by atoms with E-state index in [1.807, 2.05) is 0 Å². The lowest BCUT2D eigenvalue weighted by molar-refractivity contribution is -0.122. The predicted octanol–water partition coefficient (Wildman–Crippen LogP) is 9.06. The Morgan fingerprint density at radius 1 is 0.636 bits per heavy atom. The van der Waals surface area contributed by atoms with Crippen LogP contribution in [0.25, 0.3) is 0 Å². The molecule has 7 heteroatoms. The summed E-state index contributed by atoms with van der Waals surface area (Å²) in [6.07, 6.45) is 45.5. The van der Waals surface area contributed by atoms with Crippen LogP contribution in [0.1, 0.15) is 110 Å². The Kier molecular flexibility index (Phi) is 28.4. The van der Waals surface area contributed by atoms with E-state index < -0.39 is 28.0 Å². The van der Waals surface area contributed by atoms with Crippen molar-refractivity contribution in [2.24, 2.45) is 0 Å². The molecule has 0 aromatic rings. The molecule has 0 aliphatic rings. The molecule has 0 aliphatic carbocycles. The van der Waals surface area contributed by atoms with E-state index in [0.717, 1.165) is 77.0 Å². The molecule has 0 radical (unpaired) electrons. The maximum Gasteiger partial charge on any atom is 0.267 e. The summed E-state index contributed by atoms with van der Waals surface area (Å²) >= 11 is 0. The number of carbonyl (C=O) groups excluding carboxylic acids is 1. The van der Waals surface area contributed by atoms with Gasteiger partial charge in [0.25, 0.3) is 10.1 Å². The van der Waals surface area contributed by atoms with Crippen LogP contribution in [0.5, 0.6) is 0 Å². The second-order valence-electron chi connectivity index (χ2n) is 10.7. The molecule has 0 aliphatic heterocycles. The maximum atomic E-state index is 12.4. The summed E-state index contributed by atoms with van der Waals surface area (Å²) in [5.74, 6) is -1.08. The fourth-order valence-electron chi connectivity index (χ4n) is 4.04. The van der Waals surface area contributed by atoms with E-state index in [0.29, 0.717) is 12.8 Å². The highest BCUT2D eigenvalue weighted by atomic mass is 32.2. The molecule has 0 spiro atoms. The molecule has 0 fully saturated rings. The lowest BCUT2D eigenvalue weighted by Crippen LogP contribution is -2.46. The Hall–Kier alpha value is -2.74. The molecule has 0 aromatic carbocycles. The first-order valence-electron chi connectivity index (χ1n) is 16.4. The minimum Gasteiger partial charge on any atom is -0.387 e. The van der Waals surface area contributed by atoms with Crippen molar-refractivity contribution in [3.63, 3.8) is 0 Å². The molecule has 3 N–H and O–H groups in total. The van der Waals surface area contributed by atoms with Gasteiger partial charge in [-0.1, -0.05) is 124 Å². The summed E-state index contributed by atoms with van der Waals surface area (Å²) in [4.78, 5) is 12.4. The van der Waals surface area contributed by atoms with Crippen LogP contribution in [-0.2, 0) is 14.9 Å². The van der Waals surface area contributed by atoms with Crippen molar-refractivity contribution >= 4 is 16.0 Å². The van der Waals surface area contributed by atoms with Crippen LogP contribution in [0.15, 0.2) is 97.2 Å². The number of carbonyl (C=O) groups is 1. The van der Waals surface area contributed by atoms with Crippen molar-refractivity contribution < 1.29 is 22.9 Å². The van der Waals surface area contributed by atoms with Crippen LogP contribution in [0.2, 0.25) is 0 Å². The van der Waals surface area contributed by atoms with Crippen LogP contribution in [0, 0.1) is 0 Å². The van der Waals surface area contributed by atoms with Crippen molar-refractivity contribution in [2.75, 3.05) is 5.75 Å². The van der Waals surface area contributed by atoms with Crippen molar-refractivity contribution in [1.29, 1.82) is 0 Å². The summed E-state index contributed by atoms with van der Waals surface area (Å²) in [7, 11) is -4.36. The molecule has 1 amide bonds. The zero-order valence-corrected chi connectivity index (χ0v) is 28.0. The van der Waals surface area contributed by atoms with Gasteiger partial charge < -0.3 is 10.4 Å². The van der Waals surface area contributed by atoms with Crippen LogP contribution in [-0.4, -0.2) is 41.9 Å². The number of nitrogens with one attached hydrogen (secondary N) is 1. The van der Waals surface area contributed by atoms with Gasteiger partial charge in [-0.3, -0.25) is 9.35 Å². The zero-order valence-electron chi connectivity index (χ0n) is 27.2. The van der Waals surface area contributed by atoms with Gasteiger partial charge in [-0.15, -0.1) is 0 Å². The minimum atomic E-state index is -4.36. The minimum absolute atomic E-state index is 0.226. The molecule has 0 rings (SSSR count). The van der Waals surface area contributed by atoms with E-state index in [1.165, 1.54) is 6.08 Å². The fraction of sp³-hybridized carbons (Fsp3) is 0.541. The third-order valence-electron chi connectivity index (χ3n) is 6.49. The average molecular weight is 630 g/mol. The SMILES string of the molecule is CC/C=C\C/C=C\C/C=C\C/C=C\C/C=C\C/C=C\CCCCC(=O)NC(CS(=O)(=O)O)C(O)/C=C/CC/C=C/CCCC. The van der Waals surface area contributed by atoms with E-state index in [4.69, 9.17) is 0 Å². The first kappa shape index (κ1) is 41.3. The van der Waals surface area contributed by atoms with E-state index in [2.05, 4.69) is 104 Å². The standard InChI is InChI=1S/C37H59NO5S/c1-3-5-7-9-11-13-14-15-16-17-18-19-20-21-22-23-24-25-27-29-31-33-37(40)38-35(34-44(41,42)43)36(39)32-30-28-26-12-10-8-6-4-2/h5,7,10-13,15-16,18-19,21-22,24-25,30,32,35-36,39H,3-4,6,8-9,14,17,20,23,26-29,31,33-34H2,1-2H3,(H,38,40)(H,41,42,43)/b7-5-,12-10+,13-11-,16-15-,19-18-,22-21-,25-24-,32-30+. The second kappa shape index (κ2) is 30.3. The number of aliphatic hydroxyl groups excluding tert-OH is 1. The molecule has 248 valence electrons. The van der Waals surface area contributed by atoms with Gasteiger partial charge in [-0.25, -0.2) is 0 Å². The van der Waals surface area contributed by atoms with Crippen LogP contribution in [0.3, 0.4) is 0 Å². The second-order valence-corrected chi connectivity index (χ2v) is 12.2. The smallest absolute Gasteiger partial charge is 0.267 e. The summed E-state index contributed by atoms with van der Waals surface area (Å²) in [5, 5.41) is 13.0. The third-order valence-corrected chi connectivity index (χ3v) is 7.27. The zero-order chi connectivity index (χ0) is 32.6. The molecule has 0 aromatic heterocycles. The number of hydrogen-bond donors (Lipinski definition) is 3. The normalized spacial score (nSPS) is 14.7. The first-order valence-corrected chi connectivity index (χ1v) is 18.0. The highest BCUT2D eigenvalue weighted by molar-refractivity contribution is 7.85. The predicted molar refractivity (Wildman–Crippen MR) is 188 cm³/mol. The highest BCUT2D eigenvalue weighted by Gasteiger charge is 2.24. The quantitative estimate of drug-likeness (QED) is 0.0478. The van der Waals surface area contributed by atoms with Gasteiger partial charge in [-0.2, -0.15) is 8.42 Å². The van der Waals surface area contributed by atoms with Gasteiger partial charge >= 0.3 is 0 Å². The summed E-state index contributed by atoms with van der Waals surface area (Å²) < 4.78 is 32.1. The van der Waals surface area contributed by atoms with Crippen LogP contribution in [0.4, 0.5) is 0 Å². The van der Waals surface area contributed by atoms with Crippen LogP contribution >= 0.6 is 0 Å². The Bertz CT molecular complexity index is 1050. The summed E-state index contributed by atoms with van der Waals surface area (Å²) in [6.45, 7) is 4.29. The van der Waals surface area contributed by atoms with Gasteiger partial charge in [0, 0.05) is 6.42 Å². The molecule has 0 heterocycles. The van der Waals surface area contributed by atoms with Gasteiger partial charge in [-0.05, 0) is 77.0 Å². The molecule has 0 bridgehead atoms. The monoisotopic (exact) mass is 629 g/mol. The Morgan fingerprint density at radius 3 is 1.61 bits per heavy atom. The average Bonchev–Trinajstić information content (AvgIpc) is 2.98. The molecular formula is C37H59NO5S. The maximum absolute atomic E-state index is 12.4. The number of hydrogen-bond acceptors (Lipinski definition) is 4. The van der Waals surface area contributed by atoms with Gasteiger partial charge in [0.15, 0.2) is 0 Å². The molecular weight excluding hydrogens is 570 g/mol. The van der Waals surface area contributed by atoms with Crippen molar-refractivity contribution in [3.8, 4) is 0 Å². The fourth-order valence-corrected chi connectivity index (χ4v) is 4.77. The van der Waals surface area contributed by atoms with Crippen molar-refractivity contribution in [3.05, 3.63) is 97.2 Å². The van der Waals surface area contributed by atoms with E-state index >= 15 is 0 Å². The number of allylic oxidation sites excluding steroid dienone is 15. The number of amides is 1. The Labute approximate surface area is 268 Å². The molecule has 2 atom stereocenters. The van der Waals surface area contributed by atoms with E-state index in [-0.39, 0.29) is 12.3 Å². The molecule has 0 saturated heterocycles. The highest BCUT2D eigenvalue weighted by Crippen LogP contribution is 2.07. The topological polar surface area (TPSA) is 104 Å². The van der Waals surface area contributed by atoms with E-state index in [9.17, 15) is 22.9 Å². The molecule has 2 unspecified atom stereocenters. The van der Waals surface area contributed by atoms with E-state index in [1.54, 1.807) is 6.08 Å². The van der Waals surface area contributed by atoms with Gasteiger partial charge in [0.2, 0.25) is 5.91 Å². The first-order chi connectivity index (χ1) is 21.3. The number of rotatable bonds is 27. The third kappa shape index (κ3) is 30.7. The lowest BCUT2D eigenvalue weighted by Gasteiger charge is -2.21. The van der Waals surface area contributed by atoms with Gasteiger partial charge in [0.1, 0.15) is 0 Å².